The molecule has 0 unspecified atom stereocenters. The third-order valence-electron chi connectivity index (χ3n) is 8.31. The standard InChI is InChI=1S/C36H42N6O2S/c1-3-40(4-2)25-26-42(45(43,44)32-13-9-6-10-14-32)31-20-21-34-33(27-31)39-35(41(34)24-23-28-11-7-5-8-12-28)22-17-29-15-18-30(19-16-29)36(37)38/h5-16,18-21,27H,3-4,17,22-26H2,1-2H3,(H3,37,38). The molecular weight excluding hydrogens is 581 g/mol. The molecule has 5 rings (SSSR count). The van der Waals surface area contributed by atoms with E-state index in [-0.39, 0.29) is 10.7 Å². The molecule has 0 saturated heterocycles. The molecule has 8 nitrogen and oxygen atoms in total. The first-order valence-corrected chi connectivity index (χ1v) is 17.0. The van der Waals surface area contributed by atoms with Crippen LogP contribution in [-0.4, -0.2) is 54.9 Å². The van der Waals surface area contributed by atoms with Gasteiger partial charge in [0.15, 0.2) is 0 Å². The summed E-state index contributed by atoms with van der Waals surface area (Å²) in [6.07, 6.45) is 2.34. The first-order chi connectivity index (χ1) is 21.8. The lowest BCUT2D eigenvalue weighted by molar-refractivity contribution is 0.313. The number of nitrogen functional groups attached to an aromatic ring is 1. The van der Waals surface area contributed by atoms with Crippen molar-refractivity contribution in [3.05, 3.63) is 126 Å². The zero-order valence-electron chi connectivity index (χ0n) is 26.1. The molecule has 0 saturated carbocycles. The molecule has 0 atom stereocenters. The highest BCUT2D eigenvalue weighted by Gasteiger charge is 2.26. The molecule has 0 aliphatic rings. The van der Waals surface area contributed by atoms with E-state index >= 15 is 0 Å². The predicted octanol–water partition coefficient (Wildman–Crippen LogP) is 5.89. The van der Waals surface area contributed by atoms with Crippen LogP contribution in [0.15, 0.2) is 108 Å². The number of imidazole rings is 1. The fourth-order valence-electron chi connectivity index (χ4n) is 5.64. The Bertz CT molecular complexity index is 1820. The Balaban J connectivity index is 1.51. The van der Waals surface area contributed by atoms with Crippen LogP contribution in [0.2, 0.25) is 0 Å². The SMILES string of the molecule is CCN(CC)CCN(c1ccc2c(c1)nc(CCc1ccc(C(=N)N)cc1)n2CCc1ccccc1)S(=O)(=O)c1ccccc1. The van der Waals surface area contributed by atoms with Gasteiger partial charge >= 0.3 is 0 Å². The molecule has 1 heterocycles. The third-order valence-corrected chi connectivity index (χ3v) is 10.2. The molecule has 3 N–H and O–H groups in total. The second-order valence-electron chi connectivity index (χ2n) is 11.1. The predicted molar refractivity (Wildman–Crippen MR) is 184 cm³/mol. The molecule has 5 aromatic rings. The van der Waals surface area contributed by atoms with Crippen LogP contribution in [0.4, 0.5) is 5.69 Å². The molecule has 45 heavy (non-hydrogen) atoms. The molecule has 0 bridgehead atoms. The minimum absolute atomic E-state index is 0.0560. The Morgan fingerprint density at radius 1 is 0.800 bits per heavy atom. The van der Waals surface area contributed by atoms with Crippen LogP contribution in [-0.2, 0) is 35.8 Å². The number of fused-ring (bicyclic) bond motifs is 1. The summed E-state index contributed by atoms with van der Waals surface area (Å²) in [5.41, 5.74) is 11.1. The van der Waals surface area contributed by atoms with Crippen LogP contribution in [0.25, 0.3) is 11.0 Å². The molecule has 0 aliphatic heterocycles. The van der Waals surface area contributed by atoms with Crippen molar-refractivity contribution in [1.29, 1.82) is 5.41 Å². The van der Waals surface area contributed by atoms with Crippen molar-refractivity contribution >= 4 is 32.6 Å². The highest BCUT2D eigenvalue weighted by Crippen LogP contribution is 2.28. The number of hydrogen-bond donors (Lipinski definition) is 2. The number of likely N-dealkylation sites (N-methyl/N-ethyl adjacent to an activating group) is 1. The van der Waals surface area contributed by atoms with Crippen molar-refractivity contribution in [3.63, 3.8) is 0 Å². The quantitative estimate of drug-likeness (QED) is 0.112. The van der Waals surface area contributed by atoms with Crippen LogP contribution in [0.3, 0.4) is 0 Å². The number of nitrogens with zero attached hydrogens (tertiary/aromatic N) is 4. The first kappa shape index (κ1) is 31.9. The maximum atomic E-state index is 14.0. The van der Waals surface area contributed by atoms with E-state index in [2.05, 4.69) is 47.6 Å². The number of aryl methyl sites for hydroxylation is 4. The summed E-state index contributed by atoms with van der Waals surface area (Å²) in [7, 11) is -3.79. The van der Waals surface area contributed by atoms with Crippen molar-refractivity contribution < 1.29 is 8.42 Å². The number of amidine groups is 1. The van der Waals surface area contributed by atoms with E-state index < -0.39 is 10.0 Å². The Labute approximate surface area is 266 Å². The Hall–Kier alpha value is -4.47. The molecule has 9 heteroatoms. The van der Waals surface area contributed by atoms with Gasteiger partial charge in [0.05, 0.1) is 21.6 Å². The zero-order valence-corrected chi connectivity index (χ0v) is 26.9. The average molecular weight is 623 g/mol. The minimum atomic E-state index is -3.79. The van der Waals surface area contributed by atoms with Crippen LogP contribution in [0.1, 0.15) is 36.4 Å². The number of hydrogen-bond acceptors (Lipinski definition) is 5. The second kappa shape index (κ2) is 14.5. The zero-order chi connectivity index (χ0) is 31.8. The van der Waals surface area contributed by atoms with Crippen molar-refractivity contribution in [2.24, 2.45) is 5.73 Å². The van der Waals surface area contributed by atoms with E-state index in [0.717, 1.165) is 54.9 Å². The van der Waals surface area contributed by atoms with Crippen LogP contribution < -0.4 is 10.0 Å². The summed E-state index contributed by atoms with van der Waals surface area (Å²) in [4.78, 5) is 7.59. The van der Waals surface area contributed by atoms with Crippen molar-refractivity contribution in [1.82, 2.24) is 14.5 Å². The Morgan fingerprint density at radius 2 is 1.44 bits per heavy atom. The largest absolute Gasteiger partial charge is 0.384 e. The fraction of sp³-hybridized carbons (Fsp3) is 0.278. The maximum absolute atomic E-state index is 14.0. The number of benzene rings is 4. The van der Waals surface area contributed by atoms with Gasteiger partial charge in [0.2, 0.25) is 0 Å². The lowest BCUT2D eigenvalue weighted by Crippen LogP contribution is -2.38. The molecule has 1 aromatic heterocycles. The lowest BCUT2D eigenvalue weighted by Gasteiger charge is -2.27. The third kappa shape index (κ3) is 7.61. The Morgan fingerprint density at radius 3 is 2.09 bits per heavy atom. The van der Waals surface area contributed by atoms with E-state index in [1.54, 1.807) is 24.3 Å². The number of rotatable bonds is 15. The van der Waals surface area contributed by atoms with Gasteiger partial charge in [0.25, 0.3) is 10.0 Å². The molecular formula is C36H42N6O2S. The van der Waals surface area contributed by atoms with Gasteiger partial charge in [0, 0.05) is 31.6 Å². The Kier molecular flexibility index (Phi) is 10.3. The van der Waals surface area contributed by atoms with E-state index in [1.807, 2.05) is 54.6 Å². The highest BCUT2D eigenvalue weighted by molar-refractivity contribution is 7.92. The topological polar surface area (TPSA) is 108 Å². The van der Waals surface area contributed by atoms with Gasteiger partial charge in [0.1, 0.15) is 11.7 Å². The van der Waals surface area contributed by atoms with Gasteiger partial charge in [-0.15, -0.1) is 0 Å². The fourth-order valence-corrected chi connectivity index (χ4v) is 7.10. The summed E-state index contributed by atoms with van der Waals surface area (Å²) >= 11 is 0. The monoisotopic (exact) mass is 622 g/mol. The van der Waals surface area contributed by atoms with Gasteiger partial charge in [-0.05, 0) is 67.4 Å². The molecule has 0 amide bonds. The number of anilines is 1. The number of aromatic nitrogens is 2. The number of sulfonamides is 1. The molecule has 0 spiro atoms. The molecule has 0 aliphatic carbocycles. The highest BCUT2D eigenvalue weighted by atomic mass is 32.2. The number of nitrogens with two attached hydrogens (primary N) is 1. The summed E-state index contributed by atoms with van der Waals surface area (Å²) in [6.45, 7) is 7.59. The van der Waals surface area contributed by atoms with Gasteiger partial charge in [-0.3, -0.25) is 9.71 Å². The van der Waals surface area contributed by atoms with Gasteiger partial charge in [-0.2, -0.15) is 0 Å². The summed E-state index contributed by atoms with van der Waals surface area (Å²) in [5.74, 6) is 1.01. The van der Waals surface area contributed by atoms with Crippen molar-refractivity contribution in [3.8, 4) is 0 Å². The van der Waals surface area contributed by atoms with Crippen LogP contribution in [0, 0.1) is 5.41 Å². The van der Waals surface area contributed by atoms with Gasteiger partial charge in [-0.25, -0.2) is 13.4 Å². The van der Waals surface area contributed by atoms with Crippen molar-refractivity contribution in [2.75, 3.05) is 30.5 Å². The van der Waals surface area contributed by atoms with Crippen molar-refractivity contribution in [2.45, 2.75) is 44.6 Å². The van der Waals surface area contributed by atoms with Crippen LogP contribution >= 0.6 is 0 Å². The molecule has 0 radical (unpaired) electrons. The summed E-state index contributed by atoms with van der Waals surface area (Å²) < 4.78 is 31.7. The second-order valence-corrected chi connectivity index (χ2v) is 13.0. The summed E-state index contributed by atoms with van der Waals surface area (Å²) in [5, 5.41) is 7.67. The average Bonchev–Trinajstić information content (AvgIpc) is 3.42. The first-order valence-electron chi connectivity index (χ1n) is 15.6. The minimum Gasteiger partial charge on any atom is -0.384 e. The van der Waals surface area contributed by atoms with Gasteiger partial charge < -0.3 is 15.2 Å². The smallest absolute Gasteiger partial charge is 0.264 e. The molecule has 0 fully saturated rings. The number of nitrogens with one attached hydrogen (secondary N) is 1. The van der Waals surface area contributed by atoms with E-state index in [1.165, 1.54) is 9.87 Å². The lowest BCUT2D eigenvalue weighted by atomic mass is 10.1. The maximum Gasteiger partial charge on any atom is 0.264 e. The molecule has 4 aromatic carbocycles. The summed E-state index contributed by atoms with van der Waals surface area (Å²) in [6, 6.07) is 32.7. The normalized spacial score (nSPS) is 11.7. The van der Waals surface area contributed by atoms with E-state index in [9.17, 15) is 8.42 Å². The van der Waals surface area contributed by atoms with Crippen LogP contribution in [0.5, 0.6) is 0 Å². The van der Waals surface area contributed by atoms with E-state index in [4.69, 9.17) is 16.1 Å². The van der Waals surface area contributed by atoms with Gasteiger partial charge in [-0.1, -0.05) is 86.6 Å². The van der Waals surface area contributed by atoms with E-state index in [0.29, 0.717) is 30.8 Å². The molecule has 234 valence electrons.